The number of hydrogen-bond donors (Lipinski definition) is 3. The molecule has 0 spiro atoms. The van der Waals surface area contributed by atoms with E-state index < -0.39 is 10.0 Å². The van der Waals surface area contributed by atoms with Crippen molar-refractivity contribution in [1.29, 1.82) is 0 Å². The van der Waals surface area contributed by atoms with Crippen molar-refractivity contribution >= 4 is 27.3 Å². The van der Waals surface area contributed by atoms with E-state index in [4.69, 9.17) is 10.1 Å². The molecule has 1 aliphatic rings. The van der Waals surface area contributed by atoms with Crippen LogP contribution in [0.2, 0.25) is 0 Å². The van der Waals surface area contributed by atoms with Gasteiger partial charge in [-0.2, -0.15) is 0 Å². The number of sulfonamides is 1. The van der Waals surface area contributed by atoms with Gasteiger partial charge in [0.05, 0.1) is 15.5 Å². The first-order chi connectivity index (χ1) is 14.6. The Balaban J connectivity index is 1.52. The highest BCUT2D eigenvalue weighted by molar-refractivity contribution is 7.89. The molecule has 7 nitrogen and oxygen atoms in total. The Morgan fingerprint density at radius 2 is 1.87 bits per heavy atom. The van der Waals surface area contributed by atoms with Crippen molar-refractivity contribution in [2.45, 2.75) is 43.2 Å². The minimum atomic E-state index is -3.70. The third-order valence-electron chi connectivity index (χ3n) is 5.08. The molecule has 0 amide bonds. The van der Waals surface area contributed by atoms with Gasteiger partial charge >= 0.3 is 0 Å². The molecule has 2 aromatic heterocycles. The van der Waals surface area contributed by atoms with E-state index in [0.717, 1.165) is 39.6 Å². The molecule has 0 radical (unpaired) electrons. The maximum Gasteiger partial charge on any atom is 0.238 e. The first kappa shape index (κ1) is 21.5. The predicted molar refractivity (Wildman–Crippen MR) is 125 cm³/mol. The Hall–Kier alpha value is -2.75. The van der Waals surface area contributed by atoms with Gasteiger partial charge in [0, 0.05) is 34.8 Å². The number of thiophene rings is 1. The van der Waals surface area contributed by atoms with Crippen LogP contribution in [0.25, 0.3) is 21.0 Å². The second-order valence-corrected chi connectivity index (χ2v) is 11.0. The molecule has 4 rings (SSSR count). The summed E-state index contributed by atoms with van der Waals surface area (Å²) in [6.07, 6.45) is 3.53. The Morgan fingerprint density at radius 1 is 1.16 bits per heavy atom. The summed E-state index contributed by atoms with van der Waals surface area (Å²) in [6.45, 7) is 8.40. The van der Waals surface area contributed by atoms with Crippen molar-refractivity contribution < 1.29 is 8.42 Å². The van der Waals surface area contributed by atoms with E-state index in [1.165, 1.54) is 12.1 Å². The fraction of sp³-hybridized carbons (Fsp3) is 0.273. The lowest BCUT2D eigenvalue weighted by Crippen LogP contribution is -2.48. The highest BCUT2D eigenvalue weighted by Gasteiger charge is 2.29. The van der Waals surface area contributed by atoms with Crippen LogP contribution in [-0.2, 0) is 10.0 Å². The number of benzene rings is 1. The quantitative estimate of drug-likeness (QED) is 0.537. The van der Waals surface area contributed by atoms with E-state index in [-0.39, 0.29) is 16.5 Å². The zero-order valence-electron chi connectivity index (χ0n) is 17.4. The number of hydrogen-bond acceptors (Lipinski definition) is 7. The van der Waals surface area contributed by atoms with Gasteiger partial charge in [0.25, 0.3) is 0 Å². The minimum absolute atomic E-state index is 0.0218. The van der Waals surface area contributed by atoms with Gasteiger partial charge < -0.3 is 10.6 Å². The number of nitrogens with zero attached hydrogens (tertiary/aromatic N) is 2. The third-order valence-corrected chi connectivity index (χ3v) is 7.17. The van der Waals surface area contributed by atoms with Crippen molar-refractivity contribution in [1.82, 2.24) is 15.3 Å². The number of nitrogens with one attached hydrogen (secondary N) is 2. The van der Waals surface area contributed by atoms with Crippen LogP contribution in [0.3, 0.4) is 0 Å². The average Bonchev–Trinajstić information content (AvgIpc) is 3.16. The van der Waals surface area contributed by atoms with Crippen molar-refractivity contribution in [3.8, 4) is 21.0 Å². The zero-order valence-corrected chi connectivity index (χ0v) is 19.1. The van der Waals surface area contributed by atoms with E-state index in [1.807, 2.05) is 18.2 Å². The van der Waals surface area contributed by atoms with Crippen LogP contribution in [0, 0.1) is 0 Å². The van der Waals surface area contributed by atoms with Gasteiger partial charge in [-0.15, -0.1) is 11.3 Å². The number of primary sulfonamides is 1. The second-order valence-electron chi connectivity index (χ2n) is 8.36. The Kier molecular flexibility index (Phi) is 5.59. The molecule has 0 saturated carbocycles. The van der Waals surface area contributed by atoms with Crippen LogP contribution in [-0.4, -0.2) is 30.0 Å². The molecule has 0 bridgehead atoms. The normalized spacial score (nSPS) is 18.4. The topological polar surface area (TPSA) is 110 Å². The highest BCUT2D eigenvalue weighted by atomic mass is 32.2. The molecule has 1 atom stereocenters. The molecule has 1 saturated heterocycles. The molecule has 1 aliphatic heterocycles. The zero-order chi connectivity index (χ0) is 22.2. The molecular weight excluding hydrogens is 430 g/mol. The van der Waals surface area contributed by atoms with Crippen LogP contribution < -0.4 is 15.8 Å². The van der Waals surface area contributed by atoms with Crippen molar-refractivity contribution in [3.63, 3.8) is 0 Å². The SMILES string of the molecule is C=C1CC(Nc2nccc(-c3ccc(-c4ccc(S(N)(=O)=O)cc4)s3)n2)CC(C)(C)N1. The summed E-state index contributed by atoms with van der Waals surface area (Å²) in [5.74, 6) is 0.598. The van der Waals surface area contributed by atoms with Crippen molar-refractivity contribution in [2.75, 3.05) is 5.32 Å². The van der Waals surface area contributed by atoms with E-state index in [0.29, 0.717) is 5.95 Å². The predicted octanol–water partition coefficient (Wildman–Crippen LogP) is 3.98. The molecule has 162 valence electrons. The molecule has 1 unspecified atom stereocenters. The summed E-state index contributed by atoms with van der Waals surface area (Å²) in [6, 6.07) is 12.7. The van der Waals surface area contributed by atoms with Gasteiger partial charge in [-0.3, -0.25) is 0 Å². The molecule has 9 heteroatoms. The van der Waals surface area contributed by atoms with E-state index in [2.05, 4.69) is 36.0 Å². The van der Waals surface area contributed by atoms with Gasteiger partial charge in [0.15, 0.2) is 0 Å². The van der Waals surface area contributed by atoms with Crippen molar-refractivity contribution in [2.24, 2.45) is 5.14 Å². The lowest BCUT2D eigenvalue weighted by Gasteiger charge is -2.38. The molecular formula is C22H25N5O2S2. The molecule has 31 heavy (non-hydrogen) atoms. The van der Waals surface area contributed by atoms with Crippen LogP contribution in [0.1, 0.15) is 26.7 Å². The molecule has 3 heterocycles. The molecule has 1 aromatic carbocycles. The van der Waals surface area contributed by atoms with Crippen LogP contribution in [0.5, 0.6) is 0 Å². The summed E-state index contributed by atoms with van der Waals surface area (Å²) in [5.41, 5.74) is 2.75. The number of aromatic nitrogens is 2. The van der Waals surface area contributed by atoms with E-state index in [9.17, 15) is 8.42 Å². The summed E-state index contributed by atoms with van der Waals surface area (Å²) in [5, 5.41) is 12.0. The Labute approximate surface area is 186 Å². The second kappa shape index (κ2) is 8.07. The number of nitrogens with two attached hydrogens (primary N) is 1. The monoisotopic (exact) mass is 455 g/mol. The van der Waals surface area contributed by atoms with Crippen molar-refractivity contribution in [3.05, 3.63) is 60.9 Å². The highest BCUT2D eigenvalue weighted by Crippen LogP contribution is 2.34. The van der Waals surface area contributed by atoms with E-state index in [1.54, 1.807) is 29.7 Å². The average molecular weight is 456 g/mol. The number of piperidine rings is 1. The van der Waals surface area contributed by atoms with Gasteiger partial charge in [0.2, 0.25) is 16.0 Å². The lowest BCUT2D eigenvalue weighted by atomic mass is 9.88. The van der Waals surface area contributed by atoms with Crippen LogP contribution >= 0.6 is 11.3 Å². The first-order valence-corrected chi connectivity index (χ1v) is 12.2. The first-order valence-electron chi connectivity index (χ1n) is 9.88. The van der Waals surface area contributed by atoms with Gasteiger partial charge in [-0.25, -0.2) is 23.5 Å². The number of anilines is 1. The summed E-state index contributed by atoms with van der Waals surface area (Å²) >= 11 is 1.58. The Bertz CT molecular complexity index is 1220. The van der Waals surface area contributed by atoms with Crippen LogP contribution in [0.15, 0.2) is 65.8 Å². The molecule has 1 fully saturated rings. The fourth-order valence-corrected chi connectivity index (χ4v) is 5.35. The van der Waals surface area contributed by atoms with Gasteiger partial charge in [-0.05, 0) is 56.2 Å². The maximum absolute atomic E-state index is 11.5. The van der Waals surface area contributed by atoms with E-state index >= 15 is 0 Å². The third kappa shape index (κ3) is 5.12. The number of rotatable bonds is 5. The molecule has 0 aliphatic carbocycles. The largest absolute Gasteiger partial charge is 0.384 e. The van der Waals surface area contributed by atoms with Gasteiger partial charge in [0.1, 0.15) is 0 Å². The fourth-order valence-electron chi connectivity index (χ4n) is 3.86. The van der Waals surface area contributed by atoms with Gasteiger partial charge in [-0.1, -0.05) is 18.7 Å². The minimum Gasteiger partial charge on any atom is -0.384 e. The molecule has 4 N–H and O–H groups in total. The summed E-state index contributed by atoms with van der Waals surface area (Å²) in [7, 11) is -3.70. The lowest BCUT2D eigenvalue weighted by molar-refractivity contribution is 0.324. The standard InChI is InChI=1S/C22H25N5O2S2/c1-14-12-16(13-22(2,3)27-14)25-21-24-11-10-18(26-21)20-9-8-19(30-20)15-4-6-17(7-5-15)31(23,28)29/h4-11,16,27H,1,12-13H2,2-3H3,(H2,23,28,29)(H,24,25,26). The summed E-state index contributed by atoms with van der Waals surface area (Å²) in [4.78, 5) is 11.2. The summed E-state index contributed by atoms with van der Waals surface area (Å²) < 4.78 is 22.9. The maximum atomic E-state index is 11.5. The smallest absolute Gasteiger partial charge is 0.238 e. The molecule has 3 aromatic rings. The Morgan fingerprint density at radius 3 is 2.55 bits per heavy atom. The van der Waals surface area contributed by atoms with Crippen LogP contribution in [0.4, 0.5) is 5.95 Å².